The van der Waals surface area contributed by atoms with E-state index in [0.717, 1.165) is 17.7 Å². The molecule has 1 N–H and O–H groups in total. The molecule has 0 saturated heterocycles. The molecule has 188 valence electrons. The Morgan fingerprint density at radius 1 is 1.06 bits per heavy atom. The number of nitrogens with one attached hydrogen (secondary N) is 1. The minimum atomic E-state index is -4.42. The maximum Gasteiger partial charge on any atom is 0.416 e. The molecule has 0 bridgehead atoms. The van der Waals surface area contributed by atoms with Gasteiger partial charge in [-0.1, -0.05) is 30.3 Å². The van der Waals surface area contributed by atoms with E-state index in [4.69, 9.17) is 9.15 Å². The van der Waals surface area contributed by atoms with Crippen molar-refractivity contribution >= 4 is 5.91 Å². The highest BCUT2D eigenvalue weighted by Crippen LogP contribution is 2.30. The minimum Gasteiger partial charge on any atom is -0.497 e. The number of oxazole rings is 1. The van der Waals surface area contributed by atoms with Crippen LogP contribution in [-0.2, 0) is 25.8 Å². The lowest BCUT2D eigenvalue weighted by Crippen LogP contribution is -2.31. The van der Waals surface area contributed by atoms with E-state index in [9.17, 15) is 18.0 Å². The summed E-state index contributed by atoms with van der Waals surface area (Å²) in [6, 6.07) is 12.6. The minimum absolute atomic E-state index is 0.155. The van der Waals surface area contributed by atoms with E-state index in [1.807, 2.05) is 48.2 Å². The number of alkyl halides is 3. The standard InChI is InChI=1S/C25H29F3N4O3/c1-31(2)12-11-29-24(33)22-17-35-23(30-22)16-32(14-18-7-9-21(34-3)10-8-18)15-19-5-4-6-20(13-19)25(26,27)28/h4-10,13,17H,11-12,14-16H2,1-3H3,(H,29,33). The smallest absolute Gasteiger partial charge is 0.416 e. The number of carbonyl (C=O) groups is 1. The predicted molar refractivity (Wildman–Crippen MR) is 125 cm³/mol. The van der Waals surface area contributed by atoms with Crippen LogP contribution in [0, 0.1) is 0 Å². The lowest BCUT2D eigenvalue weighted by Gasteiger charge is -2.22. The van der Waals surface area contributed by atoms with Gasteiger partial charge in [0.25, 0.3) is 5.91 Å². The number of carbonyl (C=O) groups excluding carboxylic acids is 1. The molecule has 35 heavy (non-hydrogen) atoms. The van der Waals surface area contributed by atoms with Gasteiger partial charge >= 0.3 is 6.18 Å². The molecule has 0 unspecified atom stereocenters. The number of likely N-dealkylation sites (N-methyl/N-ethyl adjacent to an activating group) is 1. The number of hydrogen-bond acceptors (Lipinski definition) is 6. The van der Waals surface area contributed by atoms with Crippen LogP contribution in [-0.4, -0.2) is 55.0 Å². The first kappa shape index (κ1) is 26.2. The van der Waals surface area contributed by atoms with Crippen molar-refractivity contribution < 1.29 is 27.1 Å². The summed E-state index contributed by atoms with van der Waals surface area (Å²) in [7, 11) is 5.39. The number of amides is 1. The molecule has 0 radical (unpaired) electrons. The van der Waals surface area contributed by atoms with Crippen LogP contribution in [0.2, 0.25) is 0 Å². The number of benzene rings is 2. The molecule has 0 aliphatic rings. The average molecular weight is 491 g/mol. The van der Waals surface area contributed by atoms with Crippen LogP contribution in [0.1, 0.15) is 33.1 Å². The van der Waals surface area contributed by atoms with Gasteiger partial charge in [0, 0.05) is 26.2 Å². The molecule has 2 aromatic carbocycles. The van der Waals surface area contributed by atoms with E-state index >= 15 is 0 Å². The Bertz CT molecular complexity index is 1100. The number of rotatable bonds is 11. The van der Waals surface area contributed by atoms with Gasteiger partial charge in [0.2, 0.25) is 5.89 Å². The lowest BCUT2D eigenvalue weighted by atomic mass is 10.1. The number of aromatic nitrogens is 1. The molecule has 0 saturated carbocycles. The molecule has 1 amide bonds. The van der Waals surface area contributed by atoms with Gasteiger partial charge in [-0.25, -0.2) is 4.98 Å². The highest BCUT2D eigenvalue weighted by Gasteiger charge is 2.30. The largest absolute Gasteiger partial charge is 0.497 e. The van der Waals surface area contributed by atoms with Crippen LogP contribution in [0.5, 0.6) is 5.75 Å². The Morgan fingerprint density at radius 3 is 2.43 bits per heavy atom. The van der Waals surface area contributed by atoms with Crippen molar-refractivity contribution in [2.24, 2.45) is 0 Å². The van der Waals surface area contributed by atoms with E-state index in [2.05, 4.69) is 10.3 Å². The Labute approximate surface area is 202 Å². The summed E-state index contributed by atoms with van der Waals surface area (Å²) in [4.78, 5) is 20.4. The summed E-state index contributed by atoms with van der Waals surface area (Å²) >= 11 is 0. The number of ether oxygens (including phenoxy) is 1. The molecule has 1 aromatic heterocycles. The van der Waals surface area contributed by atoms with Gasteiger partial charge in [-0.05, 0) is 43.4 Å². The third-order valence-corrected chi connectivity index (χ3v) is 5.21. The highest BCUT2D eigenvalue weighted by atomic mass is 19.4. The zero-order valence-corrected chi connectivity index (χ0v) is 19.9. The van der Waals surface area contributed by atoms with Crippen LogP contribution in [0.15, 0.2) is 59.2 Å². The first-order chi connectivity index (χ1) is 16.6. The molecular weight excluding hydrogens is 461 g/mol. The molecule has 3 rings (SSSR count). The van der Waals surface area contributed by atoms with E-state index in [1.165, 1.54) is 12.3 Å². The zero-order valence-electron chi connectivity index (χ0n) is 19.9. The van der Waals surface area contributed by atoms with Crippen LogP contribution >= 0.6 is 0 Å². The quantitative estimate of drug-likeness (QED) is 0.435. The molecule has 0 fully saturated rings. The average Bonchev–Trinajstić information content (AvgIpc) is 3.27. The molecule has 0 spiro atoms. The summed E-state index contributed by atoms with van der Waals surface area (Å²) in [6.45, 7) is 2.00. The fourth-order valence-electron chi connectivity index (χ4n) is 3.42. The highest BCUT2D eigenvalue weighted by molar-refractivity contribution is 5.91. The van der Waals surface area contributed by atoms with E-state index in [-0.39, 0.29) is 24.7 Å². The zero-order chi connectivity index (χ0) is 25.4. The van der Waals surface area contributed by atoms with Crippen molar-refractivity contribution in [3.05, 3.63) is 83.1 Å². The predicted octanol–water partition coefficient (Wildman–Crippen LogP) is 4.20. The topological polar surface area (TPSA) is 70.8 Å². The van der Waals surface area contributed by atoms with Crippen LogP contribution in [0.3, 0.4) is 0 Å². The molecular formula is C25H29F3N4O3. The Balaban J connectivity index is 1.75. The molecule has 3 aromatic rings. The van der Waals surface area contributed by atoms with Crippen molar-refractivity contribution in [1.29, 1.82) is 0 Å². The second-order valence-corrected chi connectivity index (χ2v) is 8.38. The first-order valence-corrected chi connectivity index (χ1v) is 11.0. The normalized spacial score (nSPS) is 11.8. The summed E-state index contributed by atoms with van der Waals surface area (Å²) in [5.74, 6) is 0.653. The van der Waals surface area contributed by atoms with Crippen LogP contribution in [0.25, 0.3) is 0 Å². The van der Waals surface area contributed by atoms with Gasteiger partial charge in [0.15, 0.2) is 5.69 Å². The first-order valence-electron chi connectivity index (χ1n) is 11.0. The molecule has 1 heterocycles. The van der Waals surface area contributed by atoms with Crippen LogP contribution in [0.4, 0.5) is 13.2 Å². The second-order valence-electron chi connectivity index (χ2n) is 8.38. The van der Waals surface area contributed by atoms with Gasteiger partial charge in [-0.2, -0.15) is 13.2 Å². The van der Waals surface area contributed by atoms with Gasteiger partial charge < -0.3 is 19.4 Å². The Kier molecular flexibility index (Phi) is 8.89. The van der Waals surface area contributed by atoms with Gasteiger partial charge in [0.05, 0.1) is 19.2 Å². The van der Waals surface area contributed by atoms with Crippen molar-refractivity contribution in [3.63, 3.8) is 0 Å². The SMILES string of the molecule is COc1ccc(CN(Cc2cccc(C(F)(F)F)c2)Cc2nc(C(=O)NCCN(C)C)co2)cc1. The van der Waals surface area contributed by atoms with Gasteiger partial charge in [-0.15, -0.1) is 0 Å². The lowest BCUT2D eigenvalue weighted by molar-refractivity contribution is -0.137. The number of methoxy groups -OCH3 is 1. The van der Waals surface area contributed by atoms with Crippen molar-refractivity contribution in [3.8, 4) is 5.75 Å². The summed E-state index contributed by atoms with van der Waals surface area (Å²) < 4.78 is 50.3. The molecule has 10 heteroatoms. The number of halogens is 3. The Morgan fingerprint density at radius 2 is 1.77 bits per heavy atom. The fraction of sp³-hybridized carbons (Fsp3) is 0.360. The number of nitrogens with zero attached hydrogens (tertiary/aromatic N) is 3. The van der Waals surface area contributed by atoms with Crippen LogP contribution < -0.4 is 10.1 Å². The number of hydrogen-bond donors (Lipinski definition) is 1. The third-order valence-electron chi connectivity index (χ3n) is 5.21. The van der Waals surface area contributed by atoms with Gasteiger partial charge in [0.1, 0.15) is 12.0 Å². The summed E-state index contributed by atoms with van der Waals surface area (Å²) in [5.41, 5.74) is 0.891. The third kappa shape index (κ3) is 8.11. The maximum atomic E-state index is 13.2. The maximum absolute atomic E-state index is 13.2. The fourth-order valence-corrected chi connectivity index (χ4v) is 3.42. The Hall–Kier alpha value is -3.37. The van der Waals surface area contributed by atoms with Crippen molar-refractivity contribution in [1.82, 2.24) is 20.1 Å². The monoisotopic (exact) mass is 490 g/mol. The van der Waals surface area contributed by atoms with Crippen molar-refractivity contribution in [2.45, 2.75) is 25.8 Å². The second kappa shape index (κ2) is 11.9. The molecule has 0 aliphatic carbocycles. The van der Waals surface area contributed by atoms with E-state index < -0.39 is 11.7 Å². The summed E-state index contributed by atoms with van der Waals surface area (Å²) in [5, 5.41) is 2.77. The summed E-state index contributed by atoms with van der Waals surface area (Å²) in [6.07, 6.45) is -3.13. The van der Waals surface area contributed by atoms with Crippen molar-refractivity contribution in [2.75, 3.05) is 34.3 Å². The molecule has 0 aliphatic heterocycles. The van der Waals surface area contributed by atoms with E-state index in [0.29, 0.717) is 36.8 Å². The van der Waals surface area contributed by atoms with Gasteiger partial charge in [-0.3, -0.25) is 9.69 Å². The molecule has 7 nitrogen and oxygen atoms in total. The van der Waals surface area contributed by atoms with E-state index in [1.54, 1.807) is 13.2 Å². The molecule has 0 atom stereocenters.